The van der Waals surface area contributed by atoms with Gasteiger partial charge < -0.3 is 5.73 Å². The van der Waals surface area contributed by atoms with Crippen LogP contribution in [0.15, 0.2) is 24.3 Å². The molecule has 1 heterocycles. The number of amides is 2. The van der Waals surface area contributed by atoms with E-state index in [1.54, 1.807) is 18.3 Å². The van der Waals surface area contributed by atoms with Crippen LogP contribution in [-0.4, -0.2) is 16.3 Å². The van der Waals surface area contributed by atoms with Crippen molar-refractivity contribution in [3.8, 4) is 0 Å². The molecule has 1 unspecified atom stereocenters. The van der Waals surface area contributed by atoms with Crippen LogP contribution in [0.2, 0.25) is 0 Å². The van der Waals surface area contributed by atoms with Gasteiger partial charge in [0, 0.05) is 9.58 Å². The van der Waals surface area contributed by atoms with Crippen molar-refractivity contribution in [2.24, 2.45) is 5.73 Å². The summed E-state index contributed by atoms with van der Waals surface area (Å²) in [7, 11) is 0. The Morgan fingerprint density at radius 1 is 1.47 bits per heavy atom. The summed E-state index contributed by atoms with van der Waals surface area (Å²) in [4.78, 5) is 11.8. The highest BCUT2D eigenvalue weighted by molar-refractivity contribution is 7.19. The molecule has 1 atom stereocenters. The topological polar surface area (TPSA) is 66.6 Å². The molecule has 0 saturated heterocycles. The second-order valence-corrected chi connectivity index (χ2v) is 5.16. The van der Waals surface area contributed by atoms with Crippen LogP contribution >= 0.6 is 11.3 Å². The molecule has 0 saturated carbocycles. The number of rotatable bonds is 2. The Balaban J connectivity index is 2.39. The van der Waals surface area contributed by atoms with Gasteiger partial charge in [-0.1, -0.05) is 12.1 Å². The van der Waals surface area contributed by atoms with Crippen molar-refractivity contribution < 1.29 is 10.0 Å². The van der Waals surface area contributed by atoms with E-state index in [0.29, 0.717) is 5.06 Å². The van der Waals surface area contributed by atoms with Crippen molar-refractivity contribution in [3.05, 3.63) is 34.7 Å². The Morgan fingerprint density at radius 3 is 2.82 bits per heavy atom. The molecule has 1 aromatic heterocycles. The van der Waals surface area contributed by atoms with Crippen molar-refractivity contribution in [3.63, 3.8) is 0 Å². The van der Waals surface area contributed by atoms with Crippen molar-refractivity contribution >= 4 is 27.5 Å². The number of thiophene rings is 1. The average Bonchev–Trinajstić information content (AvgIpc) is 2.69. The van der Waals surface area contributed by atoms with Crippen LogP contribution in [-0.2, 0) is 0 Å². The summed E-state index contributed by atoms with van der Waals surface area (Å²) in [6.07, 6.45) is 0. The van der Waals surface area contributed by atoms with E-state index in [9.17, 15) is 10.0 Å². The molecule has 1 aromatic carbocycles. The normalized spacial score (nSPS) is 12.6. The Kier molecular flexibility index (Phi) is 3.04. The van der Waals surface area contributed by atoms with Crippen LogP contribution in [0, 0.1) is 6.92 Å². The van der Waals surface area contributed by atoms with Gasteiger partial charge in [0.25, 0.3) is 0 Å². The largest absolute Gasteiger partial charge is 0.350 e. The second-order valence-electron chi connectivity index (χ2n) is 4.05. The van der Waals surface area contributed by atoms with Crippen molar-refractivity contribution in [1.82, 2.24) is 5.06 Å². The summed E-state index contributed by atoms with van der Waals surface area (Å²) in [5.74, 6) is 0. The average molecular weight is 250 g/mol. The summed E-state index contributed by atoms with van der Waals surface area (Å²) in [6, 6.07) is 6.85. The van der Waals surface area contributed by atoms with Gasteiger partial charge in [0.2, 0.25) is 0 Å². The van der Waals surface area contributed by atoms with Gasteiger partial charge >= 0.3 is 6.03 Å². The molecule has 0 aliphatic heterocycles. The molecule has 0 aliphatic carbocycles. The zero-order valence-electron chi connectivity index (χ0n) is 9.68. The molecule has 0 bridgehead atoms. The molecule has 2 amide bonds. The first-order chi connectivity index (χ1) is 7.99. The third kappa shape index (κ3) is 2.25. The molecule has 2 aromatic rings. The first-order valence-electron chi connectivity index (χ1n) is 5.26. The maximum absolute atomic E-state index is 10.9. The third-order valence-electron chi connectivity index (χ3n) is 2.70. The maximum Gasteiger partial charge on any atom is 0.339 e. The van der Waals surface area contributed by atoms with E-state index in [-0.39, 0.29) is 0 Å². The Bertz CT molecular complexity index is 565. The van der Waals surface area contributed by atoms with Crippen molar-refractivity contribution in [2.75, 3.05) is 0 Å². The molecule has 90 valence electrons. The lowest BCUT2D eigenvalue weighted by atomic mass is 10.2. The van der Waals surface area contributed by atoms with E-state index in [2.05, 4.69) is 6.07 Å². The maximum atomic E-state index is 10.9. The van der Waals surface area contributed by atoms with Gasteiger partial charge in [-0.3, -0.25) is 5.21 Å². The van der Waals surface area contributed by atoms with E-state index in [4.69, 9.17) is 5.73 Å². The van der Waals surface area contributed by atoms with E-state index < -0.39 is 12.1 Å². The summed E-state index contributed by atoms with van der Waals surface area (Å²) in [5.41, 5.74) is 6.22. The highest BCUT2D eigenvalue weighted by atomic mass is 32.1. The summed E-state index contributed by atoms with van der Waals surface area (Å²) in [5, 5.41) is 11.2. The van der Waals surface area contributed by atoms with E-state index in [0.717, 1.165) is 15.0 Å². The number of fused-ring (bicyclic) bond motifs is 1. The molecule has 4 nitrogen and oxygen atoms in total. The van der Waals surface area contributed by atoms with Crippen LogP contribution in [0.4, 0.5) is 4.79 Å². The van der Waals surface area contributed by atoms with Gasteiger partial charge in [-0.25, -0.2) is 4.79 Å². The highest BCUT2D eigenvalue weighted by Gasteiger charge is 2.19. The van der Waals surface area contributed by atoms with Crippen LogP contribution in [0.1, 0.15) is 23.4 Å². The summed E-state index contributed by atoms with van der Waals surface area (Å²) in [6.45, 7) is 3.77. The number of hydrogen-bond donors (Lipinski definition) is 2. The molecule has 17 heavy (non-hydrogen) atoms. The number of aryl methyl sites for hydroxylation is 1. The predicted molar refractivity (Wildman–Crippen MR) is 68.2 cm³/mol. The van der Waals surface area contributed by atoms with E-state index >= 15 is 0 Å². The number of nitrogens with two attached hydrogens (primary N) is 1. The standard InChI is InChI=1S/C12H14N2O2S/c1-7-3-4-9-6-10(17-11(9)5-7)8(2)14(16)12(13)15/h3-6,8,16H,1-2H3,(H2,13,15). The molecule has 0 radical (unpaired) electrons. The Morgan fingerprint density at radius 2 is 2.18 bits per heavy atom. The zero-order chi connectivity index (χ0) is 12.6. The lowest BCUT2D eigenvalue weighted by Crippen LogP contribution is -2.34. The first-order valence-corrected chi connectivity index (χ1v) is 6.08. The minimum Gasteiger partial charge on any atom is -0.350 e. The number of urea groups is 1. The SMILES string of the molecule is Cc1ccc2cc(C(C)N(O)C(N)=O)sc2c1. The third-order valence-corrected chi connectivity index (χ3v) is 3.97. The first kappa shape index (κ1) is 11.9. The smallest absolute Gasteiger partial charge is 0.339 e. The van der Waals surface area contributed by atoms with Crippen LogP contribution < -0.4 is 5.73 Å². The highest BCUT2D eigenvalue weighted by Crippen LogP contribution is 2.32. The number of hydrogen-bond acceptors (Lipinski definition) is 3. The fraction of sp³-hybridized carbons (Fsp3) is 0.250. The van der Waals surface area contributed by atoms with Crippen LogP contribution in [0.25, 0.3) is 10.1 Å². The fourth-order valence-corrected chi connectivity index (χ4v) is 2.88. The second kappa shape index (κ2) is 4.35. The van der Waals surface area contributed by atoms with Crippen LogP contribution in [0.5, 0.6) is 0 Å². The van der Waals surface area contributed by atoms with Gasteiger partial charge in [0.1, 0.15) is 0 Å². The van der Waals surface area contributed by atoms with E-state index in [1.165, 1.54) is 5.56 Å². The number of primary amides is 1. The van der Waals surface area contributed by atoms with Gasteiger partial charge in [0.15, 0.2) is 0 Å². The van der Waals surface area contributed by atoms with Gasteiger partial charge in [-0.15, -0.1) is 11.3 Å². The molecule has 0 spiro atoms. The summed E-state index contributed by atoms with van der Waals surface area (Å²) >= 11 is 1.56. The lowest BCUT2D eigenvalue weighted by Gasteiger charge is -2.18. The molecule has 0 fully saturated rings. The number of hydroxylamine groups is 2. The predicted octanol–water partition coefficient (Wildman–Crippen LogP) is 3.04. The number of carbonyl (C=O) groups excluding carboxylic acids is 1. The van der Waals surface area contributed by atoms with E-state index in [1.807, 2.05) is 25.1 Å². The van der Waals surface area contributed by atoms with Crippen LogP contribution in [0.3, 0.4) is 0 Å². The Labute approximate surface area is 103 Å². The van der Waals surface area contributed by atoms with Crippen molar-refractivity contribution in [1.29, 1.82) is 0 Å². The zero-order valence-corrected chi connectivity index (χ0v) is 10.5. The number of carbonyl (C=O) groups is 1. The Hall–Kier alpha value is -1.59. The fourth-order valence-electron chi connectivity index (χ4n) is 1.68. The lowest BCUT2D eigenvalue weighted by molar-refractivity contribution is -0.0700. The molecular formula is C12H14N2O2S. The quantitative estimate of drug-likeness (QED) is 0.635. The molecule has 0 aliphatic rings. The minimum atomic E-state index is -0.842. The molecule has 5 heteroatoms. The molecular weight excluding hydrogens is 236 g/mol. The number of benzene rings is 1. The van der Waals surface area contributed by atoms with Crippen molar-refractivity contribution in [2.45, 2.75) is 19.9 Å². The molecule has 2 rings (SSSR count). The van der Waals surface area contributed by atoms with Gasteiger partial charge in [0.05, 0.1) is 6.04 Å². The number of nitrogens with zero attached hydrogens (tertiary/aromatic N) is 1. The molecule has 3 N–H and O–H groups in total. The van der Waals surface area contributed by atoms with Gasteiger partial charge in [-0.05, 0) is 36.9 Å². The monoisotopic (exact) mass is 250 g/mol. The summed E-state index contributed by atoms with van der Waals surface area (Å²) < 4.78 is 1.14. The minimum absolute atomic E-state index is 0.426. The van der Waals surface area contributed by atoms with Gasteiger partial charge in [-0.2, -0.15) is 5.06 Å².